The molecule has 3 heterocycles. The van der Waals surface area contributed by atoms with Crippen LogP contribution in [0.4, 0.5) is 5.95 Å². The van der Waals surface area contributed by atoms with E-state index in [-0.39, 0.29) is 17.7 Å². The van der Waals surface area contributed by atoms with Crippen molar-refractivity contribution < 1.29 is 22.6 Å². The molecule has 12 nitrogen and oxygen atoms in total. The average Bonchev–Trinajstić information content (AvgIpc) is 3.54. The molecule has 0 bridgehead atoms. The van der Waals surface area contributed by atoms with Crippen LogP contribution in [0.3, 0.4) is 0 Å². The highest BCUT2D eigenvalue weighted by molar-refractivity contribution is 7.93. The molecule has 36 heavy (non-hydrogen) atoms. The minimum absolute atomic E-state index is 0.0197. The highest BCUT2D eigenvalue weighted by Gasteiger charge is 2.36. The van der Waals surface area contributed by atoms with Crippen molar-refractivity contribution in [3.05, 3.63) is 47.8 Å². The van der Waals surface area contributed by atoms with Crippen LogP contribution in [0.15, 0.2) is 30.6 Å². The van der Waals surface area contributed by atoms with Crippen molar-refractivity contribution in [1.29, 1.82) is 0 Å². The van der Waals surface area contributed by atoms with E-state index in [4.69, 9.17) is 14.2 Å². The summed E-state index contributed by atoms with van der Waals surface area (Å²) in [5.74, 6) is 1.88. The molecule has 1 aliphatic rings. The second-order valence-electron chi connectivity index (χ2n) is 8.55. The van der Waals surface area contributed by atoms with Crippen LogP contribution in [-0.4, -0.2) is 72.8 Å². The summed E-state index contributed by atoms with van der Waals surface area (Å²) in [5, 5.41) is 10.9. The maximum absolute atomic E-state index is 13.6. The molecular formula is C23H31N7O5S. The number of nitrogens with one attached hydrogen (secondary N) is 2. The summed E-state index contributed by atoms with van der Waals surface area (Å²) in [6, 6.07) is 5.33. The monoisotopic (exact) mass is 517 g/mol. The lowest BCUT2D eigenvalue weighted by Gasteiger charge is -2.23. The summed E-state index contributed by atoms with van der Waals surface area (Å²) in [6.07, 6.45) is 3.16. The van der Waals surface area contributed by atoms with Gasteiger partial charge in [0.1, 0.15) is 34.4 Å². The number of aromatic nitrogens is 5. The number of anilines is 1. The molecule has 13 heteroatoms. The third-order valence-corrected chi connectivity index (χ3v) is 7.89. The number of para-hydroxylation sites is 1. The van der Waals surface area contributed by atoms with Gasteiger partial charge in [-0.15, -0.1) is 10.2 Å². The van der Waals surface area contributed by atoms with Crippen molar-refractivity contribution >= 4 is 16.0 Å². The summed E-state index contributed by atoms with van der Waals surface area (Å²) in [5.41, 5.74) is 1.36. The quantitative estimate of drug-likeness (QED) is 0.410. The van der Waals surface area contributed by atoms with Crippen molar-refractivity contribution in [1.82, 2.24) is 30.0 Å². The predicted molar refractivity (Wildman–Crippen MR) is 133 cm³/mol. The summed E-state index contributed by atoms with van der Waals surface area (Å²) < 4.78 is 48.1. The van der Waals surface area contributed by atoms with Crippen molar-refractivity contribution in [3.8, 4) is 17.2 Å². The Kier molecular flexibility index (Phi) is 7.71. The average molecular weight is 518 g/mol. The Hall–Kier alpha value is -3.29. The minimum Gasteiger partial charge on any atom is -0.494 e. The van der Waals surface area contributed by atoms with Gasteiger partial charge in [-0.25, -0.2) is 18.4 Å². The van der Waals surface area contributed by atoms with E-state index in [1.807, 2.05) is 6.92 Å². The fraction of sp³-hybridized carbons (Fsp3) is 0.478. The van der Waals surface area contributed by atoms with Crippen LogP contribution in [0.2, 0.25) is 0 Å². The smallest absolute Gasteiger partial charge is 0.243 e. The highest BCUT2D eigenvalue weighted by atomic mass is 32.2. The second kappa shape index (κ2) is 10.8. The van der Waals surface area contributed by atoms with Gasteiger partial charge in [0, 0.05) is 32.0 Å². The number of nitrogens with zero attached hydrogens (tertiary/aromatic N) is 5. The van der Waals surface area contributed by atoms with E-state index in [0.717, 1.165) is 18.5 Å². The first kappa shape index (κ1) is 25.8. The first-order chi connectivity index (χ1) is 17.3. The summed E-state index contributed by atoms with van der Waals surface area (Å²) in [6.45, 7) is 4.90. The number of hydrogen-bond acceptors (Lipinski definition) is 10. The van der Waals surface area contributed by atoms with Crippen molar-refractivity contribution in [2.45, 2.75) is 37.5 Å². The standard InChI is InChI=1S/C23H31N7O5S/c1-14-11-25-21(26-12-14)20(35-5)15(2)36(31,32)29-23-28-27-22(16-9-10-24-13-16)30(23)19-17(33-3)7-6-8-18(19)34-4/h6-8,11-12,15-16,20,24H,9-10,13H2,1-5H3,(H,28,29)/t15?,16-,20?/m0/s1. The van der Waals surface area contributed by atoms with Gasteiger partial charge < -0.3 is 19.5 Å². The third-order valence-electron chi connectivity index (χ3n) is 6.20. The fourth-order valence-electron chi connectivity index (χ4n) is 4.21. The number of sulfonamides is 1. The Morgan fingerprint density at radius 1 is 1.11 bits per heavy atom. The molecule has 3 atom stereocenters. The van der Waals surface area contributed by atoms with Gasteiger partial charge in [0.15, 0.2) is 5.82 Å². The normalized spacial score (nSPS) is 17.5. The molecule has 0 radical (unpaired) electrons. The van der Waals surface area contributed by atoms with Crippen molar-refractivity contribution in [2.75, 3.05) is 39.1 Å². The first-order valence-corrected chi connectivity index (χ1v) is 13.1. The lowest BCUT2D eigenvalue weighted by molar-refractivity contribution is 0.0949. The summed E-state index contributed by atoms with van der Waals surface area (Å²) in [4.78, 5) is 8.51. The van der Waals surface area contributed by atoms with E-state index < -0.39 is 21.4 Å². The first-order valence-electron chi connectivity index (χ1n) is 11.5. The molecule has 4 rings (SSSR count). The van der Waals surface area contributed by atoms with Crippen LogP contribution in [0.25, 0.3) is 5.69 Å². The lowest BCUT2D eigenvalue weighted by atomic mass is 10.1. The van der Waals surface area contributed by atoms with Gasteiger partial charge in [0.05, 0.1) is 14.2 Å². The Balaban J connectivity index is 1.77. The van der Waals surface area contributed by atoms with E-state index in [1.165, 1.54) is 28.3 Å². The molecule has 0 saturated carbocycles. The summed E-state index contributed by atoms with van der Waals surface area (Å²) in [7, 11) is 0.461. The molecule has 1 fully saturated rings. The van der Waals surface area contributed by atoms with Crippen LogP contribution in [0.1, 0.15) is 42.6 Å². The molecule has 0 spiro atoms. The number of benzene rings is 1. The number of aryl methyl sites for hydroxylation is 1. The van der Waals surface area contributed by atoms with Gasteiger partial charge in [0.25, 0.3) is 0 Å². The van der Waals surface area contributed by atoms with Crippen LogP contribution in [-0.2, 0) is 14.8 Å². The zero-order chi connectivity index (χ0) is 25.9. The second-order valence-corrected chi connectivity index (χ2v) is 10.6. The van der Waals surface area contributed by atoms with Gasteiger partial charge in [-0.3, -0.25) is 9.29 Å². The SMILES string of the molecule is COc1cccc(OC)c1-n1c(NS(=O)(=O)C(C)C(OC)c2ncc(C)cn2)nnc1[C@H]1CCNC1. The molecule has 2 N–H and O–H groups in total. The van der Waals surface area contributed by atoms with Crippen LogP contribution >= 0.6 is 0 Å². The van der Waals surface area contributed by atoms with Crippen LogP contribution in [0, 0.1) is 6.92 Å². The Bertz CT molecular complexity index is 1270. The molecule has 1 aromatic carbocycles. The van der Waals surface area contributed by atoms with Gasteiger partial charge >= 0.3 is 0 Å². The molecular weight excluding hydrogens is 486 g/mol. The van der Waals surface area contributed by atoms with Crippen molar-refractivity contribution in [3.63, 3.8) is 0 Å². The van der Waals surface area contributed by atoms with Crippen LogP contribution in [0.5, 0.6) is 11.5 Å². The maximum Gasteiger partial charge on any atom is 0.243 e. The van der Waals surface area contributed by atoms with E-state index >= 15 is 0 Å². The van der Waals surface area contributed by atoms with E-state index in [9.17, 15) is 8.42 Å². The van der Waals surface area contributed by atoms with Gasteiger partial charge in [-0.05, 0) is 44.5 Å². The van der Waals surface area contributed by atoms with E-state index in [0.29, 0.717) is 29.6 Å². The van der Waals surface area contributed by atoms with E-state index in [1.54, 1.807) is 35.2 Å². The molecule has 3 aromatic rings. The Morgan fingerprint density at radius 3 is 2.33 bits per heavy atom. The molecule has 1 aliphatic heterocycles. The largest absolute Gasteiger partial charge is 0.494 e. The van der Waals surface area contributed by atoms with Gasteiger partial charge in [-0.1, -0.05) is 6.07 Å². The zero-order valence-electron chi connectivity index (χ0n) is 20.9. The zero-order valence-corrected chi connectivity index (χ0v) is 21.7. The number of ether oxygens (including phenoxy) is 3. The fourth-order valence-corrected chi connectivity index (χ4v) is 5.34. The Morgan fingerprint density at radius 2 is 1.78 bits per heavy atom. The molecule has 2 unspecified atom stereocenters. The number of rotatable bonds is 10. The number of hydrogen-bond donors (Lipinski definition) is 2. The number of methoxy groups -OCH3 is 3. The lowest BCUT2D eigenvalue weighted by Crippen LogP contribution is -2.33. The minimum atomic E-state index is -4.04. The van der Waals surface area contributed by atoms with Crippen molar-refractivity contribution in [2.24, 2.45) is 0 Å². The Labute approximate surface area is 210 Å². The molecule has 1 saturated heterocycles. The predicted octanol–water partition coefficient (Wildman–Crippen LogP) is 1.98. The summed E-state index contributed by atoms with van der Waals surface area (Å²) >= 11 is 0. The van der Waals surface area contributed by atoms with Gasteiger partial charge in [-0.2, -0.15) is 0 Å². The van der Waals surface area contributed by atoms with Gasteiger partial charge in [0.2, 0.25) is 16.0 Å². The van der Waals surface area contributed by atoms with E-state index in [2.05, 4.69) is 30.2 Å². The van der Waals surface area contributed by atoms with Crippen LogP contribution < -0.4 is 19.5 Å². The molecule has 0 aliphatic carbocycles. The maximum atomic E-state index is 13.6. The third kappa shape index (κ3) is 4.99. The topological polar surface area (TPSA) is 142 Å². The molecule has 0 amide bonds. The molecule has 2 aromatic heterocycles. The molecule has 194 valence electrons. The highest BCUT2D eigenvalue weighted by Crippen LogP contribution is 2.38.